The molecule has 0 aliphatic carbocycles. The topological polar surface area (TPSA) is 64.8 Å². The number of carbonyl (C=O) groups is 1. The minimum Gasteiger partial charge on any atom is -0.360 e. The smallest absolute Gasteiger partial charge is 0.253 e. The first-order chi connectivity index (χ1) is 12.5. The number of piperidine rings is 1. The van der Waals surface area contributed by atoms with Crippen LogP contribution in [0, 0.1) is 5.82 Å². The van der Waals surface area contributed by atoms with Gasteiger partial charge in [-0.3, -0.25) is 9.89 Å². The van der Waals surface area contributed by atoms with E-state index in [0.29, 0.717) is 36.3 Å². The lowest BCUT2D eigenvalue weighted by molar-refractivity contribution is 0.0304. The lowest BCUT2D eigenvalue weighted by Crippen LogP contribution is -2.46. The number of aromatic amines is 2. The van der Waals surface area contributed by atoms with E-state index < -0.39 is 11.5 Å². The maximum atomic E-state index is 15.6. The number of likely N-dealkylation sites (tertiary alicyclic amines) is 1. The number of rotatable bonds is 3. The maximum Gasteiger partial charge on any atom is 0.253 e. The minimum absolute atomic E-state index is 0.0600. The first-order valence-electron chi connectivity index (χ1n) is 8.49. The Morgan fingerprint density at radius 2 is 2.04 bits per heavy atom. The predicted octanol–water partition coefficient (Wildman–Crippen LogP) is 3.64. The van der Waals surface area contributed by atoms with E-state index in [2.05, 4.69) is 15.2 Å². The van der Waals surface area contributed by atoms with Crippen molar-refractivity contribution in [3.05, 3.63) is 65.7 Å². The molecule has 0 bridgehead atoms. The first kappa shape index (κ1) is 16.5. The van der Waals surface area contributed by atoms with E-state index in [9.17, 15) is 9.18 Å². The Hall–Kier alpha value is -2.96. The molecule has 4 rings (SSSR count). The summed E-state index contributed by atoms with van der Waals surface area (Å²) in [4.78, 5) is 17.1. The maximum absolute atomic E-state index is 15.6. The van der Waals surface area contributed by atoms with Crippen molar-refractivity contribution in [2.45, 2.75) is 18.5 Å². The standard InChI is InChI=1S/C19H18F2N4O/c20-14-6-4-13(5-7-14)18(26)25-10-2-8-19(21,12-25)17-11-16(23-24-17)15-3-1-9-22-15/h1,3-7,9,11,22H,2,8,10,12H2,(H,23,24). The van der Waals surface area contributed by atoms with Crippen LogP contribution in [0.15, 0.2) is 48.7 Å². The van der Waals surface area contributed by atoms with Gasteiger partial charge in [-0.1, -0.05) is 0 Å². The molecule has 1 atom stereocenters. The van der Waals surface area contributed by atoms with Crippen LogP contribution in [0.5, 0.6) is 0 Å². The van der Waals surface area contributed by atoms with E-state index in [0.717, 1.165) is 5.69 Å². The molecule has 3 aromatic rings. The normalized spacial score (nSPS) is 20.3. The van der Waals surface area contributed by atoms with E-state index >= 15 is 4.39 Å². The third kappa shape index (κ3) is 3.00. The number of nitrogens with zero attached hydrogens (tertiary/aromatic N) is 2. The summed E-state index contributed by atoms with van der Waals surface area (Å²) < 4.78 is 28.7. The quantitative estimate of drug-likeness (QED) is 0.752. The lowest BCUT2D eigenvalue weighted by Gasteiger charge is -2.36. The van der Waals surface area contributed by atoms with Crippen molar-refractivity contribution < 1.29 is 13.6 Å². The largest absolute Gasteiger partial charge is 0.360 e. The van der Waals surface area contributed by atoms with Crippen LogP contribution in [0.1, 0.15) is 28.9 Å². The molecule has 1 aromatic carbocycles. The van der Waals surface area contributed by atoms with Gasteiger partial charge < -0.3 is 9.88 Å². The highest BCUT2D eigenvalue weighted by molar-refractivity contribution is 5.94. The third-order valence-electron chi connectivity index (χ3n) is 4.76. The summed E-state index contributed by atoms with van der Waals surface area (Å²) in [6.07, 6.45) is 2.63. The monoisotopic (exact) mass is 356 g/mol. The molecular weight excluding hydrogens is 338 g/mol. The van der Waals surface area contributed by atoms with Crippen LogP contribution in [0.4, 0.5) is 8.78 Å². The zero-order chi connectivity index (χ0) is 18.1. The Morgan fingerprint density at radius 3 is 2.77 bits per heavy atom. The van der Waals surface area contributed by atoms with E-state index in [-0.39, 0.29) is 12.5 Å². The van der Waals surface area contributed by atoms with Crippen LogP contribution in [-0.4, -0.2) is 39.1 Å². The summed E-state index contributed by atoms with van der Waals surface area (Å²) in [5.41, 5.74) is 0.451. The van der Waals surface area contributed by atoms with Gasteiger partial charge in [-0.2, -0.15) is 5.10 Å². The molecule has 1 unspecified atom stereocenters. The van der Waals surface area contributed by atoms with E-state index in [1.807, 2.05) is 12.1 Å². The average Bonchev–Trinajstić information content (AvgIpc) is 3.33. The van der Waals surface area contributed by atoms with Crippen LogP contribution >= 0.6 is 0 Å². The number of carbonyl (C=O) groups excluding carboxylic acids is 1. The number of halogens is 2. The summed E-state index contributed by atoms with van der Waals surface area (Å²) in [6.45, 7) is 0.412. The van der Waals surface area contributed by atoms with Crippen LogP contribution < -0.4 is 0 Å². The average molecular weight is 356 g/mol. The number of alkyl halides is 1. The summed E-state index contributed by atoms with van der Waals surface area (Å²) >= 11 is 0. The fraction of sp³-hybridized carbons (Fsp3) is 0.263. The molecular formula is C19H18F2N4O. The molecule has 0 radical (unpaired) electrons. The van der Waals surface area contributed by atoms with Gasteiger partial charge in [-0.15, -0.1) is 0 Å². The van der Waals surface area contributed by atoms with E-state index in [4.69, 9.17) is 0 Å². The van der Waals surface area contributed by atoms with Gasteiger partial charge in [0.1, 0.15) is 11.5 Å². The van der Waals surface area contributed by atoms with Crippen LogP contribution in [0.25, 0.3) is 11.4 Å². The Labute approximate surface area is 149 Å². The summed E-state index contributed by atoms with van der Waals surface area (Å²) in [5.74, 6) is -0.704. The zero-order valence-electron chi connectivity index (χ0n) is 14.0. The van der Waals surface area contributed by atoms with Gasteiger partial charge in [-0.25, -0.2) is 8.78 Å². The van der Waals surface area contributed by atoms with Crippen molar-refractivity contribution in [3.8, 4) is 11.4 Å². The van der Waals surface area contributed by atoms with Gasteiger partial charge in [-0.05, 0) is 55.3 Å². The van der Waals surface area contributed by atoms with Crippen molar-refractivity contribution in [1.82, 2.24) is 20.1 Å². The van der Waals surface area contributed by atoms with Crippen LogP contribution in [-0.2, 0) is 5.67 Å². The predicted molar refractivity (Wildman–Crippen MR) is 92.7 cm³/mol. The third-order valence-corrected chi connectivity index (χ3v) is 4.76. The molecule has 2 aromatic heterocycles. The number of aromatic nitrogens is 3. The molecule has 7 heteroatoms. The number of hydrogen-bond donors (Lipinski definition) is 2. The number of nitrogens with one attached hydrogen (secondary N) is 2. The Bertz CT molecular complexity index is 904. The van der Waals surface area contributed by atoms with Gasteiger partial charge in [0.25, 0.3) is 5.91 Å². The van der Waals surface area contributed by atoms with Gasteiger partial charge in [0, 0.05) is 18.3 Å². The minimum atomic E-state index is -1.69. The number of amides is 1. The molecule has 3 heterocycles. The van der Waals surface area contributed by atoms with Gasteiger partial charge in [0.2, 0.25) is 0 Å². The highest BCUT2D eigenvalue weighted by atomic mass is 19.1. The molecule has 5 nitrogen and oxygen atoms in total. The van der Waals surface area contributed by atoms with Crippen molar-refractivity contribution in [1.29, 1.82) is 0 Å². The van der Waals surface area contributed by atoms with Crippen molar-refractivity contribution >= 4 is 5.91 Å². The van der Waals surface area contributed by atoms with Gasteiger partial charge in [0.05, 0.1) is 17.9 Å². The molecule has 2 N–H and O–H groups in total. The van der Waals surface area contributed by atoms with E-state index in [1.165, 1.54) is 29.2 Å². The molecule has 1 saturated heterocycles. The second-order valence-corrected chi connectivity index (χ2v) is 6.55. The number of benzene rings is 1. The molecule has 1 aliphatic heterocycles. The fourth-order valence-corrected chi connectivity index (χ4v) is 3.36. The molecule has 26 heavy (non-hydrogen) atoms. The lowest BCUT2D eigenvalue weighted by atomic mass is 9.90. The van der Waals surface area contributed by atoms with Crippen molar-refractivity contribution in [3.63, 3.8) is 0 Å². The second kappa shape index (κ2) is 6.40. The zero-order valence-corrected chi connectivity index (χ0v) is 14.0. The second-order valence-electron chi connectivity index (χ2n) is 6.55. The molecule has 0 saturated carbocycles. The fourth-order valence-electron chi connectivity index (χ4n) is 3.36. The highest BCUT2D eigenvalue weighted by Crippen LogP contribution is 2.36. The van der Waals surface area contributed by atoms with Crippen LogP contribution in [0.3, 0.4) is 0 Å². The number of H-pyrrole nitrogens is 2. The van der Waals surface area contributed by atoms with E-state index in [1.54, 1.807) is 12.3 Å². The molecule has 134 valence electrons. The summed E-state index contributed by atoms with van der Waals surface area (Å²) in [6, 6.07) is 10.7. The van der Waals surface area contributed by atoms with Gasteiger partial charge >= 0.3 is 0 Å². The first-order valence-corrected chi connectivity index (χ1v) is 8.49. The molecule has 0 spiro atoms. The van der Waals surface area contributed by atoms with Crippen LogP contribution in [0.2, 0.25) is 0 Å². The van der Waals surface area contributed by atoms with Gasteiger partial charge in [0.15, 0.2) is 5.67 Å². The summed E-state index contributed by atoms with van der Waals surface area (Å²) in [7, 11) is 0. The Kier molecular flexibility index (Phi) is 4.06. The Balaban J connectivity index is 1.55. The van der Waals surface area contributed by atoms with Crippen molar-refractivity contribution in [2.75, 3.05) is 13.1 Å². The molecule has 1 aliphatic rings. The van der Waals surface area contributed by atoms with Crippen molar-refractivity contribution in [2.24, 2.45) is 0 Å². The SMILES string of the molecule is O=C(c1ccc(F)cc1)N1CCCC(F)(c2cc(-c3ccc[nH]3)n[nH]2)C1. The number of hydrogen-bond acceptors (Lipinski definition) is 2. The molecule has 1 fully saturated rings. The summed E-state index contributed by atoms with van der Waals surface area (Å²) in [5, 5.41) is 6.95. The highest BCUT2D eigenvalue weighted by Gasteiger charge is 2.40. The Morgan fingerprint density at radius 1 is 1.23 bits per heavy atom. The molecule has 1 amide bonds.